The van der Waals surface area contributed by atoms with Crippen molar-refractivity contribution in [3.05, 3.63) is 29.3 Å². The number of ether oxygens (including phenoxy) is 1. The molecule has 0 fully saturated rings. The van der Waals surface area contributed by atoms with Gasteiger partial charge in [0.2, 0.25) is 0 Å². The molecular weight excluding hydrogens is 434 g/mol. The minimum atomic E-state index is -4.18. The van der Waals surface area contributed by atoms with Crippen LogP contribution < -0.4 is 15.4 Å². The molecule has 0 aliphatic heterocycles. The van der Waals surface area contributed by atoms with E-state index >= 15 is 0 Å². The van der Waals surface area contributed by atoms with E-state index < -0.39 is 12.6 Å². The van der Waals surface area contributed by atoms with Crippen molar-refractivity contribution in [2.45, 2.75) is 46.0 Å². The van der Waals surface area contributed by atoms with Crippen LogP contribution in [0.5, 0.6) is 5.75 Å². The second-order valence-corrected chi connectivity index (χ2v) is 5.50. The molecule has 0 aromatic heterocycles. The number of nitrogens with one attached hydrogen (secondary N) is 2. The highest BCUT2D eigenvalue weighted by atomic mass is 127. The van der Waals surface area contributed by atoms with Gasteiger partial charge in [0.1, 0.15) is 5.75 Å². The molecule has 4 nitrogen and oxygen atoms in total. The lowest BCUT2D eigenvalue weighted by molar-refractivity contribution is -0.132. The monoisotopic (exact) mass is 459 g/mol. The highest BCUT2D eigenvalue weighted by molar-refractivity contribution is 14.0. The maximum Gasteiger partial charge on any atom is 0.390 e. The van der Waals surface area contributed by atoms with Gasteiger partial charge in [-0.3, -0.25) is 4.99 Å². The number of benzene rings is 1. The lowest BCUT2D eigenvalue weighted by Crippen LogP contribution is -2.38. The molecule has 24 heavy (non-hydrogen) atoms. The minimum absolute atomic E-state index is 0. The van der Waals surface area contributed by atoms with E-state index in [1.807, 2.05) is 39.0 Å². The van der Waals surface area contributed by atoms with Gasteiger partial charge in [-0.2, -0.15) is 13.2 Å². The van der Waals surface area contributed by atoms with Crippen LogP contribution in [0.3, 0.4) is 0 Å². The predicted molar refractivity (Wildman–Crippen MR) is 101 cm³/mol. The average molecular weight is 459 g/mol. The first-order valence-electron chi connectivity index (χ1n) is 7.48. The summed E-state index contributed by atoms with van der Waals surface area (Å²) in [6.45, 7) is 6.05. The SMILES string of the molecule is CN=C(NCCC(F)(F)F)NCc1ccc(C)cc1OC(C)C.I. The third kappa shape index (κ3) is 9.19. The zero-order valence-corrected chi connectivity index (χ0v) is 16.7. The maximum atomic E-state index is 12.2. The fourth-order valence-corrected chi connectivity index (χ4v) is 1.89. The largest absolute Gasteiger partial charge is 0.491 e. The van der Waals surface area contributed by atoms with Crippen molar-refractivity contribution in [2.75, 3.05) is 13.6 Å². The van der Waals surface area contributed by atoms with E-state index in [-0.39, 0.29) is 36.6 Å². The molecule has 0 saturated carbocycles. The smallest absolute Gasteiger partial charge is 0.390 e. The summed E-state index contributed by atoms with van der Waals surface area (Å²) in [6.07, 6.45) is -5.04. The molecule has 1 rings (SSSR count). The molecule has 138 valence electrons. The molecule has 0 aliphatic rings. The second-order valence-electron chi connectivity index (χ2n) is 5.50. The molecular formula is C16H25F3IN3O. The van der Waals surface area contributed by atoms with Gasteiger partial charge in [-0.25, -0.2) is 0 Å². The summed E-state index contributed by atoms with van der Waals surface area (Å²) in [6, 6.07) is 5.84. The summed E-state index contributed by atoms with van der Waals surface area (Å²) in [7, 11) is 1.52. The molecule has 2 N–H and O–H groups in total. The predicted octanol–water partition coefficient (Wildman–Crippen LogP) is 4.02. The van der Waals surface area contributed by atoms with Crippen LogP contribution in [0, 0.1) is 6.92 Å². The van der Waals surface area contributed by atoms with Crippen LogP contribution in [0.15, 0.2) is 23.2 Å². The van der Waals surface area contributed by atoms with E-state index in [2.05, 4.69) is 15.6 Å². The summed E-state index contributed by atoms with van der Waals surface area (Å²) in [4.78, 5) is 3.92. The topological polar surface area (TPSA) is 45.7 Å². The first kappa shape index (κ1) is 22.8. The number of aryl methyl sites for hydroxylation is 1. The summed E-state index contributed by atoms with van der Waals surface area (Å²) in [5.41, 5.74) is 2.00. The molecule has 0 radical (unpaired) electrons. The van der Waals surface area contributed by atoms with Crippen molar-refractivity contribution in [3.63, 3.8) is 0 Å². The second kappa shape index (κ2) is 10.6. The molecule has 0 heterocycles. The Morgan fingerprint density at radius 1 is 1.25 bits per heavy atom. The number of aliphatic imine (C=N–C) groups is 1. The maximum absolute atomic E-state index is 12.2. The Hall–Kier alpha value is -1.19. The van der Waals surface area contributed by atoms with Crippen LogP contribution in [0.1, 0.15) is 31.4 Å². The van der Waals surface area contributed by atoms with Crippen LogP contribution >= 0.6 is 24.0 Å². The van der Waals surface area contributed by atoms with Crippen LogP contribution in [0.25, 0.3) is 0 Å². The summed E-state index contributed by atoms with van der Waals surface area (Å²) in [5, 5.41) is 5.64. The summed E-state index contributed by atoms with van der Waals surface area (Å²) >= 11 is 0. The van der Waals surface area contributed by atoms with Crippen LogP contribution in [-0.2, 0) is 6.54 Å². The van der Waals surface area contributed by atoms with Gasteiger partial charge in [0, 0.05) is 25.7 Å². The number of hydrogen-bond acceptors (Lipinski definition) is 2. The fraction of sp³-hybridized carbons (Fsp3) is 0.562. The lowest BCUT2D eigenvalue weighted by atomic mass is 10.1. The number of halogens is 4. The van der Waals surface area contributed by atoms with Gasteiger partial charge in [0.15, 0.2) is 5.96 Å². The third-order valence-electron chi connectivity index (χ3n) is 2.96. The molecule has 1 aromatic rings. The molecule has 0 saturated heterocycles. The Labute approximate surface area is 158 Å². The number of nitrogens with zero attached hydrogens (tertiary/aromatic N) is 1. The van der Waals surface area contributed by atoms with Crippen molar-refractivity contribution in [1.29, 1.82) is 0 Å². The van der Waals surface area contributed by atoms with Crippen LogP contribution in [0.4, 0.5) is 13.2 Å². The van der Waals surface area contributed by atoms with E-state index in [0.29, 0.717) is 12.5 Å². The normalized spacial score (nSPS) is 11.9. The number of alkyl halides is 3. The minimum Gasteiger partial charge on any atom is -0.491 e. The van der Waals surface area contributed by atoms with Crippen molar-refractivity contribution in [2.24, 2.45) is 4.99 Å². The first-order valence-corrected chi connectivity index (χ1v) is 7.48. The van der Waals surface area contributed by atoms with Gasteiger partial charge >= 0.3 is 6.18 Å². The van der Waals surface area contributed by atoms with Crippen LogP contribution in [0.2, 0.25) is 0 Å². The zero-order valence-electron chi connectivity index (χ0n) is 14.3. The Morgan fingerprint density at radius 2 is 1.92 bits per heavy atom. The molecule has 0 unspecified atom stereocenters. The average Bonchev–Trinajstić information content (AvgIpc) is 2.42. The van der Waals surface area contributed by atoms with Gasteiger partial charge in [-0.1, -0.05) is 12.1 Å². The van der Waals surface area contributed by atoms with Gasteiger partial charge in [-0.05, 0) is 32.4 Å². The van der Waals surface area contributed by atoms with E-state index in [1.54, 1.807) is 0 Å². The molecule has 0 amide bonds. The number of rotatable bonds is 6. The quantitative estimate of drug-likeness (QED) is 0.384. The van der Waals surface area contributed by atoms with Gasteiger partial charge < -0.3 is 15.4 Å². The van der Waals surface area contributed by atoms with Crippen molar-refractivity contribution in [1.82, 2.24) is 10.6 Å². The first-order chi connectivity index (χ1) is 10.7. The fourth-order valence-electron chi connectivity index (χ4n) is 1.89. The zero-order chi connectivity index (χ0) is 17.5. The van der Waals surface area contributed by atoms with Gasteiger partial charge in [0.25, 0.3) is 0 Å². The van der Waals surface area contributed by atoms with E-state index in [1.165, 1.54) is 7.05 Å². The molecule has 0 spiro atoms. The number of guanidine groups is 1. The van der Waals surface area contributed by atoms with Crippen molar-refractivity contribution < 1.29 is 17.9 Å². The molecule has 0 atom stereocenters. The van der Waals surface area contributed by atoms with E-state index in [4.69, 9.17) is 4.74 Å². The summed E-state index contributed by atoms with van der Waals surface area (Å²) in [5.74, 6) is 1.09. The highest BCUT2D eigenvalue weighted by Gasteiger charge is 2.26. The molecule has 1 aromatic carbocycles. The Kier molecular flexibility index (Phi) is 10.1. The van der Waals surface area contributed by atoms with Crippen molar-refractivity contribution >= 4 is 29.9 Å². The molecule has 0 aliphatic carbocycles. The lowest BCUT2D eigenvalue weighted by Gasteiger charge is -2.17. The van der Waals surface area contributed by atoms with Gasteiger partial charge in [-0.15, -0.1) is 24.0 Å². The number of hydrogen-bond donors (Lipinski definition) is 2. The molecule has 0 bridgehead atoms. The highest BCUT2D eigenvalue weighted by Crippen LogP contribution is 2.21. The van der Waals surface area contributed by atoms with E-state index in [0.717, 1.165) is 16.9 Å². The van der Waals surface area contributed by atoms with Crippen LogP contribution in [-0.4, -0.2) is 31.8 Å². The Bertz CT molecular complexity index is 534. The Balaban J connectivity index is 0.00000529. The standard InChI is InChI=1S/C16H24F3N3O.HI/c1-11(2)23-14-9-12(3)5-6-13(14)10-22-15(20-4)21-8-7-16(17,18)19;/h5-6,9,11H,7-8,10H2,1-4H3,(H2,20,21,22);1H. The van der Waals surface area contributed by atoms with E-state index in [9.17, 15) is 13.2 Å². The summed E-state index contributed by atoms with van der Waals surface area (Å²) < 4.78 is 42.2. The van der Waals surface area contributed by atoms with Gasteiger partial charge in [0.05, 0.1) is 12.5 Å². The third-order valence-corrected chi connectivity index (χ3v) is 2.96. The van der Waals surface area contributed by atoms with Crippen molar-refractivity contribution in [3.8, 4) is 5.75 Å². The molecule has 8 heteroatoms. The Morgan fingerprint density at radius 3 is 2.46 bits per heavy atom.